The van der Waals surface area contributed by atoms with Crippen molar-refractivity contribution in [1.82, 2.24) is 21.3 Å². The number of hydrogen-bond donors (Lipinski definition) is 11. The summed E-state index contributed by atoms with van der Waals surface area (Å²) in [5.41, 5.74) is 26.5. The van der Waals surface area contributed by atoms with Gasteiger partial charge in [-0.05, 0) is 25.2 Å². The molecule has 42 heavy (non-hydrogen) atoms. The Bertz CT molecular complexity index is 1020. The van der Waals surface area contributed by atoms with E-state index in [0.29, 0.717) is 0 Å². The van der Waals surface area contributed by atoms with Crippen LogP contribution in [0.25, 0.3) is 0 Å². The fourth-order valence-electron chi connectivity index (χ4n) is 3.40. The molecule has 19 heteroatoms. The SMILES string of the molecule is CC(C)[C@H](NC(=O)[C@H](CS)NC(=O)[C@H](CCCN=C(N)N)NC(=O)[C@@H](N)CCC(N)=O)C(=O)N[C@@H](CC(N)=O)C(=O)O. The van der Waals surface area contributed by atoms with Crippen LogP contribution >= 0.6 is 12.6 Å². The molecule has 0 saturated carbocycles. The van der Waals surface area contributed by atoms with Gasteiger partial charge in [-0.2, -0.15) is 12.6 Å². The van der Waals surface area contributed by atoms with E-state index in [0.717, 1.165) is 0 Å². The summed E-state index contributed by atoms with van der Waals surface area (Å²) in [6.45, 7) is 3.28. The first kappa shape index (κ1) is 37.9. The third-order valence-electron chi connectivity index (χ3n) is 5.70. The number of nitrogens with one attached hydrogen (secondary N) is 4. The van der Waals surface area contributed by atoms with E-state index in [1.165, 1.54) is 0 Å². The largest absolute Gasteiger partial charge is 0.480 e. The summed E-state index contributed by atoms with van der Waals surface area (Å²) >= 11 is 4.10. The molecule has 0 aliphatic rings. The topological polar surface area (TPSA) is 330 Å². The van der Waals surface area contributed by atoms with Gasteiger partial charge in [0.2, 0.25) is 35.4 Å². The number of aliphatic carboxylic acids is 1. The second-order valence-electron chi connectivity index (χ2n) is 9.67. The summed E-state index contributed by atoms with van der Waals surface area (Å²) in [5.74, 6) is -7.33. The zero-order chi connectivity index (χ0) is 32.6. The summed E-state index contributed by atoms with van der Waals surface area (Å²) in [4.78, 5) is 88.8. The third kappa shape index (κ3) is 15.0. The Labute approximate surface area is 248 Å². The zero-order valence-corrected chi connectivity index (χ0v) is 24.4. The molecule has 0 aromatic heterocycles. The molecule has 0 aliphatic carbocycles. The molecule has 0 fully saturated rings. The first-order valence-corrected chi connectivity index (χ1v) is 13.6. The predicted molar refractivity (Wildman–Crippen MR) is 154 cm³/mol. The van der Waals surface area contributed by atoms with Crippen molar-refractivity contribution in [2.45, 2.75) is 76.2 Å². The van der Waals surface area contributed by atoms with Crippen LogP contribution in [0.15, 0.2) is 4.99 Å². The summed E-state index contributed by atoms with van der Waals surface area (Å²) in [6, 6.07) is -6.52. The van der Waals surface area contributed by atoms with Gasteiger partial charge < -0.3 is 55.0 Å². The van der Waals surface area contributed by atoms with Crippen LogP contribution in [0.5, 0.6) is 0 Å². The van der Waals surface area contributed by atoms with Crippen LogP contribution in [0.1, 0.15) is 46.0 Å². The molecule has 0 aromatic rings. The van der Waals surface area contributed by atoms with Gasteiger partial charge in [0.15, 0.2) is 5.96 Å². The molecule has 5 atom stereocenters. The van der Waals surface area contributed by atoms with Gasteiger partial charge in [-0.1, -0.05) is 13.8 Å². The first-order valence-electron chi connectivity index (χ1n) is 12.9. The minimum atomic E-state index is -1.62. The van der Waals surface area contributed by atoms with E-state index < -0.39 is 84.0 Å². The number of guanidine groups is 1. The van der Waals surface area contributed by atoms with Crippen molar-refractivity contribution in [3.63, 3.8) is 0 Å². The van der Waals surface area contributed by atoms with Gasteiger partial charge in [-0.25, -0.2) is 4.79 Å². The van der Waals surface area contributed by atoms with Crippen LogP contribution in [-0.4, -0.2) is 95.0 Å². The Balaban J connectivity index is 5.64. The second-order valence-corrected chi connectivity index (χ2v) is 10.0. The van der Waals surface area contributed by atoms with Gasteiger partial charge in [0.25, 0.3) is 0 Å². The second kappa shape index (κ2) is 19.1. The maximum atomic E-state index is 13.1. The highest BCUT2D eigenvalue weighted by Crippen LogP contribution is 2.07. The van der Waals surface area contributed by atoms with Gasteiger partial charge >= 0.3 is 5.97 Å². The van der Waals surface area contributed by atoms with Crippen LogP contribution in [0.4, 0.5) is 0 Å². The molecule has 0 unspecified atom stereocenters. The molecule has 0 aromatic carbocycles. The van der Waals surface area contributed by atoms with E-state index >= 15 is 0 Å². The number of carbonyl (C=O) groups is 7. The molecule has 0 bridgehead atoms. The minimum absolute atomic E-state index is 0.0330. The molecule has 15 N–H and O–H groups in total. The molecule has 18 nitrogen and oxygen atoms in total. The normalized spacial score (nSPS) is 14.3. The van der Waals surface area contributed by atoms with Crippen molar-refractivity contribution in [2.75, 3.05) is 12.3 Å². The number of rotatable bonds is 20. The molecular weight excluding hydrogens is 576 g/mol. The fourth-order valence-corrected chi connectivity index (χ4v) is 3.66. The molecule has 0 rings (SSSR count). The van der Waals surface area contributed by atoms with Gasteiger partial charge in [0.1, 0.15) is 24.2 Å². The lowest BCUT2D eigenvalue weighted by Crippen LogP contribution is -2.60. The molecule has 238 valence electrons. The lowest BCUT2D eigenvalue weighted by molar-refractivity contribution is -0.144. The van der Waals surface area contributed by atoms with Crippen molar-refractivity contribution in [1.29, 1.82) is 0 Å². The van der Waals surface area contributed by atoms with Crippen molar-refractivity contribution in [3.8, 4) is 0 Å². The van der Waals surface area contributed by atoms with Crippen LogP contribution in [0.2, 0.25) is 0 Å². The monoisotopic (exact) mass is 618 g/mol. The van der Waals surface area contributed by atoms with Gasteiger partial charge in [-0.3, -0.25) is 33.8 Å². The van der Waals surface area contributed by atoms with Gasteiger partial charge in [-0.15, -0.1) is 0 Å². The predicted octanol–water partition coefficient (Wildman–Crippen LogP) is -4.88. The first-order chi connectivity index (χ1) is 19.5. The number of carboxylic acids is 1. The maximum Gasteiger partial charge on any atom is 0.326 e. The Hall–Kier alpha value is -4.13. The number of carboxylic acid groups (broad SMARTS) is 1. The highest BCUT2D eigenvalue weighted by molar-refractivity contribution is 7.80. The van der Waals surface area contributed by atoms with E-state index in [1.54, 1.807) is 13.8 Å². The Kier molecular flexibility index (Phi) is 17.2. The third-order valence-corrected chi connectivity index (χ3v) is 6.06. The van der Waals surface area contributed by atoms with Gasteiger partial charge in [0, 0.05) is 18.7 Å². The fraction of sp³-hybridized carbons (Fsp3) is 0.652. The summed E-state index contributed by atoms with van der Waals surface area (Å²) in [5, 5.41) is 18.8. The smallest absolute Gasteiger partial charge is 0.326 e. The van der Waals surface area contributed by atoms with E-state index in [-0.39, 0.29) is 43.9 Å². The summed E-state index contributed by atoms with van der Waals surface area (Å²) in [6.07, 6.45) is -0.608. The van der Waals surface area contributed by atoms with Crippen molar-refractivity contribution < 1.29 is 38.7 Å². The molecule has 6 amide bonds. The van der Waals surface area contributed by atoms with Crippen LogP contribution in [0, 0.1) is 5.92 Å². The zero-order valence-electron chi connectivity index (χ0n) is 23.5. The maximum absolute atomic E-state index is 13.1. The Morgan fingerprint density at radius 2 is 1.31 bits per heavy atom. The minimum Gasteiger partial charge on any atom is -0.480 e. The number of primary amides is 2. The highest BCUT2D eigenvalue weighted by Gasteiger charge is 2.33. The average Bonchev–Trinajstić information content (AvgIpc) is 2.88. The molecule has 0 heterocycles. The van der Waals surface area contributed by atoms with Crippen LogP contribution in [-0.2, 0) is 33.6 Å². The number of thiol groups is 1. The number of nitrogens with two attached hydrogens (primary N) is 5. The van der Waals surface area contributed by atoms with Crippen LogP contribution < -0.4 is 49.9 Å². The molecular formula is C23H42N10O8S. The number of hydrogen-bond acceptors (Lipinski definition) is 10. The molecule has 0 spiro atoms. The van der Waals surface area contributed by atoms with E-state index in [2.05, 4.69) is 38.9 Å². The quantitative estimate of drug-likeness (QED) is 0.0266. The van der Waals surface area contributed by atoms with E-state index in [4.69, 9.17) is 28.7 Å². The standard InChI is InChI=1S/C23H42N10O8S/c1-10(2)17(21(39)31-13(22(40)41)8-16(26)35)33-20(38)14(9-42)32-19(37)12(4-3-7-29-23(27)28)30-18(36)11(24)5-6-15(25)34/h10-14,17,42H,3-9,24H2,1-2H3,(H2,25,34)(H2,26,35)(H,30,36)(H,31,39)(H,32,37)(H,33,38)(H,40,41)(H4,27,28,29)/t11-,12-,13-,14-,17-/m0/s1. The van der Waals surface area contributed by atoms with Crippen molar-refractivity contribution in [2.24, 2.45) is 39.6 Å². The van der Waals surface area contributed by atoms with E-state index in [1.807, 2.05) is 0 Å². The molecule has 0 aliphatic heterocycles. The average molecular weight is 619 g/mol. The highest BCUT2D eigenvalue weighted by atomic mass is 32.1. The lowest BCUT2D eigenvalue weighted by Gasteiger charge is -2.27. The van der Waals surface area contributed by atoms with Crippen molar-refractivity contribution in [3.05, 3.63) is 0 Å². The van der Waals surface area contributed by atoms with Crippen molar-refractivity contribution >= 4 is 60.0 Å². The number of carbonyl (C=O) groups excluding carboxylic acids is 6. The number of nitrogens with zero attached hydrogens (tertiary/aromatic N) is 1. The van der Waals surface area contributed by atoms with Gasteiger partial charge in [0.05, 0.1) is 12.5 Å². The number of amides is 6. The Morgan fingerprint density at radius 1 is 0.762 bits per heavy atom. The summed E-state index contributed by atoms with van der Waals surface area (Å²) in [7, 11) is 0. The molecule has 0 saturated heterocycles. The van der Waals surface area contributed by atoms with E-state index in [9.17, 15) is 38.7 Å². The molecule has 0 radical (unpaired) electrons. The number of aliphatic imine (C=N–C) groups is 1. The lowest BCUT2D eigenvalue weighted by atomic mass is 10.0. The summed E-state index contributed by atoms with van der Waals surface area (Å²) < 4.78 is 0. The van der Waals surface area contributed by atoms with Crippen LogP contribution in [0.3, 0.4) is 0 Å². The Morgan fingerprint density at radius 3 is 1.79 bits per heavy atom.